The third-order valence-electron chi connectivity index (χ3n) is 5.53. The number of hydrogen-bond donors (Lipinski definition) is 2. The molecule has 0 fully saturated rings. The number of aromatic nitrogens is 3. The zero-order chi connectivity index (χ0) is 24.0. The van der Waals surface area contributed by atoms with Crippen molar-refractivity contribution in [1.82, 2.24) is 14.1 Å². The van der Waals surface area contributed by atoms with Gasteiger partial charge in [-0.25, -0.2) is 9.36 Å². The summed E-state index contributed by atoms with van der Waals surface area (Å²) in [6.45, 7) is 0. The van der Waals surface area contributed by atoms with Crippen molar-refractivity contribution in [3.63, 3.8) is 0 Å². The molecule has 34 heavy (non-hydrogen) atoms. The first-order chi connectivity index (χ1) is 16.4. The van der Waals surface area contributed by atoms with E-state index in [1.807, 2.05) is 0 Å². The average molecular weight is 494 g/mol. The highest BCUT2D eigenvalue weighted by molar-refractivity contribution is 6.31. The lowest BCUT2D eigenvalue weighted by molar-refractivity contribution is 0.374. The van der Waals surface area contributed by atoms with Gasteiger partial charge in [0, 0.05) is 16.3 Å². The number of para-hydroxylation sites is 1. The summed E-state index contributed by atoms with van der Waals surface area (Å²) in [5.41, 5.74) is 1.68. The first kappa shape index (κ1) is 21.9. The summed E-state index contributed by atoms with van der Waals surface area (Å²) in [7, 11) is 1.49. The highest BCUT2D eigenvalue weighted by Crippen LogP contribution is 2.37. The Morgan fingerprint density at radius 2 is 1.62 bits per heavy atom. The maximum absolute atomic E-state index is 13.4. The van der Waals surface area contributed by atoms with Crippen LogP contribution in [-0.2, 0) is 0 Å². The van der Waals surface area contributed by atoms with Gasteiger partial charge in [-0.1, -0.05) is 53.5 Å². The molecule has 0 atom stereocenters. The van der Waals surface area contributed by atoms with Crippen molar-refractivity contribution in [2.24, 2.45) is 0 Å². The van der Waals surface area contributed by atoms with Crippen LogP contribution in [0.3, 0.4) is 0 Å². The third-order valence-corrected chi connectivity index (χ3v) is 6.04. The lowest BCUT2D eigenvalue weighted by Crippen LogP contribution is -2.34. The lowest BCUT2D eigenvalue weighted by atomic mass is 10.0. The molecule has 0 aliphatic rings. The van der Waals surface area contributed by atoms with E-state index >= 15 is 0 Å². The maximum atomic E-state index is 13.4. The molecule has 0 saturated heterocycles. The fraction of sp³-hybridized carbons (Fsp3) is 0.0400. The Labute approximate surface area is 203 Å². The smallest absolute Gasteiger partial charge is 0.333 e. The second-order valence-corrected chi connectivity index (χ2v) is 8.34. The van der Waals surface area contributed by atoms with Gasteiger partial charge in [0.25, 0.3) is 5.56 Å². The van der Waals surface area contributed by atoms with Gasteiger partial charge >= 0.3 is 5.69 Å². The second kappa shape index (κ2) is 8.44. The summed E-state index contributed by atoms with van der Waals surface area (Å²) in [5, 5.41) is 11.1. The Morgan fingerprint density at radius 1 is 0.882 bits per heavy atom. The van der Waals surface area contributed by atoms with Crippen molar-refractivity contribution in [2.75, 3.05) is 7.11 Å². The van der Waals surface area contributed by atoms with Crippen molar-refractivity contribution in [1.29, 1.82) is 0 Å². The molecule has 0 aliphatic heterocycles. The standard InChI is InChI=1S/C25H17Cl2N3O4/c1-34-20-7-3-6-18(23(20)31)14-8-10-16(11-9-14)29-21(27)13-19-22(29)24(32)30(25(33)28-19)17-5-2-4-15(26)12-17/h2-13,31H,1H3,(H,28,33). The molecule has 0 aliphatic carbocycles. The Hall–Kier alpha value is -3.94. The lowest BCUT2D eigenvalue weighted by Gasteiger charge is -2.12. The predicted octanol–water partition coefficient (Wildman–Crippen LogP) is 5.16. The number of phenols is 1. The van der Waals surface area contributed by atoms with Crippen molar-refractivity contribution in [3.8, 4) is 34.0 Å². The summed E-state index contributed by atoms with van der Waals surface area (Å²) in [6.07, 6.45) is 0. The molecule has 0 bridgehead atoms. The monoisotopic (exact) mass is 493 g/mol. The fourth-order valence-corrected chi connectivity index (χ4v) is 4.44. The minimum Gasteiger partial charge on any atom is -0.504 e. The first-order valence-electron chi connectivity index (χ1n) is 10.2. The van der Waals surface area contributed by atoms with E-state index in [1.165, 1.54) is 19.2 Å². The normalized spacial score (nSPS) is 11.1. The van der Waals surface area contributed by atoms with E-state index in [0.29, 0.717) is 33.2 Å². The minimum atomic E-state index is -0.600. The molecular formula is C25H17Cl2N3O4. The van der Waals surface area contributed by atoms with Crippen LogP contribution in [0.25, 0.3) is 33.5 Å². The van der Waals surface area contributed by atoms with E-state index in [9.17, 15) is 14.7 Å². The Kier molecular flexibility index (Phi) is 5.43. The molecule has 0 radical (unpaired) electrons. The number of aromatic hydroxyl groups is 1. The molecule has 2 aromatic heterocycles. The summed E-state index contributed by atoms with van der Waals surface area (Å²) in [5.74, 6) is 0.399. The molecule has 0 saturated carbocycles. The number of methoxy groups -OCH3 is 1. The number of halogens is 2. The predicted molar refractivity (Wildman–Crippen MR) is 133 cm³/mol. The average Bonchev–Trinajstić information content (AvgIpc) is 3.15. The van der Waals surface area contributed by atoms with Crippen LogP contribution in [0.2, 0.25) is 10.2 Å². The van der Waals surface area contributed by atoms with Crippen molar-refractivity contribution in [2.45, 2.75) is 0 Å². The number of aromatic amines is 1. The fourth-order valence-electron chi connectivity index (χ4n) is 3.97. The number of ether oxygens (including phenoxy) is 1. The SMILES string of the molecule is COc1cccc(-c2ccc(-n3c(Cl)cc4[nH]c(=O)n(-c5cccc(Cl)c5)c(=O)c43)cc2)c1O. The van der Waals surface area contributed by atoms with Crippen molar-refractivity contribution in [3.05, 3.63) is 104 Å². The van der Waals surface area contributed by atoms with E-state index in [2.05, 4.69) is 4.98 Å². The third kappa shape index (κ3) is 3.55. The van der Waals surface area contributed by atoms with Gasteiger partial charge in [0.05, 0.1) is 18.3 Å². The molecule has 0 spiro atoms. The van der Waals surface area contributed by atoms with Crippen molar-refractivity contribution < 1.29 is 9.84 Å². The van der Waals surface area contributed by atoms with Crippen LogP contribution in [0, 0.1) is 0 Å². The van der Waals surface area contributed by atoms with Gasteiger partial charge in [0.2, 0.25) is 0 Å². The number of fused-ring (bicyclic) bond motifs is 1. The van der Waals surface area contributed by atoms with Crippen LogP contribution in [0.5, 0.6) is 11.5 Å². The molecular weight excluding hydrogens is 477 g/mol. The number of benzene rings is 3. The molecule has 2 N–H and O–H groups in total. The second-order valence-electron chi connectivity index (χ2n) is 7.52. The molecule has 5 rings (SSSR count). The largest absolute Gasteiger partial charge is 0.504 e. The summed E-state index contributed by atoms with van der Waals surface area (Å²) < 4.78 is 7.76. The number of nitrogens with one attached hydrogen (secondary N) is 1. The Bertz CT molecular complexity index is 1670. The molecule has 0 amide bonds. The van der Waals surface area contributed by atoms with Crippen LogP contribution < -0.4 is 16.0 Å². The van der Waals surface area contributed by atoms with E-state index in [1.54, 1.807) is 65.2 Å². The van der Waals surface area contributed by atoms with E-state index < -0.39 is 11.2 Å². The minimum absolute atomic E-state index is 0.0316. The quantitative estimate of drug-likeness (QED) is 0.361. The maximum Gasteiger partial charge on any atom is 0.333 e. The number of H-pyrrole nitrogens is 1. The summed E-state index contributed by atoms with van der Waals surface area (Å²) in [4.78, 5) is 28.8. The first-order valence-corrected chi connectivity index (χ1v) is 10.9. The van der Waals surface area contributed by atoms with Crippen LogP contribution in [0.4, 0.5) is 0 Å². The molecule has 2 heterocycles. The van der Waals surface area contributed by atoms with E-state index in [0.717, 1.165) is 10.1 Å². The summed E-state index contributed by atoms with van der Waals surface area (Å²) >= 11 is 12.6. The zero-order valence-corrected chi connectivity index (χ0v) is 19.3. The van der Waals surface area contributed by atoms with Crippen LogP contribution in [0.15, 0.2) is 82.4 Å². The van der Waals surface area contributed by atoms with Gasteiger partial charge in [-0.05, 0) is 48.0 Å². The van der Waals surface area contributed by atoms with Gasteiger partial charge in [0.1, 0.15) is 10.7 Å². The summed E-state index contributed by atoms with van der Waals surface area (Å²) in [6, 6.07) is 20.4. The highest BCUT2D eigenvalue weighted by atomic mass is 35.5. The van der Waals surface area contributed by atoms with Crippen LogP contribution in [-0.4, -0.2) is 26.3 Å². The number of phenolic OH excluding ortho intramolecular Hbond substituents is 1. The van der Waals surface area contributed by atoms with Crippen LogP contribution >= 0.6 is 23.2 Å². The van der Waals surface area contributed by atoms with Gasteiger partial charge in [-0.2, -0.15) is 0 Å². The number of rotatable bonds is 4. The number of nitrogens with zero attached hydrogens (tertiary/aromatic N) is 2. The van der Waals surface area contributed by atoms with Crippen LogP contribution in [0.1, 0.15) is 0 Å². The van der Waals surface area contributed by atoms with Gasteiger partial charge in [-0.15, -0.1) is 0 Å². The van der Waals surface area contributed by atoms with E-state index in [-0.39, 0.29) is 16.4 Å². The molecule has 0 unspecified atom stereocenters. The topological polar surface area (TPSA) is 89.2 Å². The number of hydrogen-bond acceptors (Lipinski definition) is 4. The Balaban J connectivity index is 1.68. The van der Waals surface area contributed by atoms with Gasteiger partial charge in [0.15, 0.2) is 11.5 Å². The Morgan fingerprint density at radius 3 is 2.32 bits per heavy atom. The highest BCUT2D eigenvalue weighted by Gasteiger charge is 2.18. The van der Waals surface area contributed by atoms with Gasteiger partial charge < -0.3 is 14.8 Å². The van der Waals surface area contributed by atoms with E-state index in [4.69, 9.17) is 27.9 Å². The molecule has 3 aromatic carbocycles. The zero-order valence-electron chi connectivity index (χ0n) is 17.8. The molecule has 170 valence electrons. The van der Waals surface area contributed by atoms with Crippen molar-refractivity contribution >= 4 is 34.2 Å². The molecule has 9 heteroatoms. The van der Waals surface area contributed by atoms with Gasteiger partial charge in [-0.3, -0.25) is 9.36 Å². The molecule has 7 nitrogen and oxygen atoms in total. The molecule has 5 aromatic rings.